The second-order valence-electron chi connectivity index (χ2n) is 5.66. The molecule has 1 saturated heterocycles. The van der Waals surface area contributed by atoms with Gasteiger partial charge in [-0.3, -0.25) is 15.0 Å². The molecule has 1 heterocycles. The summed E-state index contributed by atoms with van der Waals surface area (Å²) < 4.78 is 0. The SMILES string of the molecule is CN1CCN(c2ccc([N+](=O)[O-])c(N)c2)CC1(C)C. The molecule has 6 nitrogen and oxygen atoms in total. The van der Waals surface area contributed by atoms with Crippen LogP contribution in [0.3, 0.4) is 0 Å². The van der Waals surface area contributed by atoms with Crippen molar-refractivity contribution in [1.29, 1.82) is 0 Å². The third-order valence-corrected chi connectivity index (χ3v) is 3.89. The number of hydrogen-bond donors (Lipinski definition) is 1. The summed E-state index contributed by atoms with van der Waals surface area (Å²) in [5.74, 6) is 0. The van der Waals surface area contributed by atoms with E-state index < -0.39 is 4.92 Å². The zero-order chi connectivity index (χ0) is 14.2. The number of nitro groups is 1. The van der Waals surface area contributed by atoms with Gasteiger partial charge >= 0.3 is 0 Å². The molecule has 19 heavy (non-hydrogen) atoms. The van der Waals surface area contributed by atoms with Gasteiger partial charge in [0.1, 0.15) is 5.69 Å². The Balaban J connectivity index is 2.24. The minimum absolute atomic E-state index is 0.0304. The molecule has 0 spiro atoms. The van der Waals surface area contributed by atoms with Crippen LogP contribution in [0.1, 0.15) is 13.8 Å². The lowest BCUT2D eigenvalue weighted by molar-refractivity contribution is -0.383. The second-order valence-corrected chi connectivity index (χ2v) is 5.66. The lowest BCUT2D eigenvalue weighted by Gasteiger charge is -2.46. The molecule has 0 atom stereocenters. The molecule has 6 heteroatoms. The van der Waals surface area contributed by atoms with Crippen LogP contribution in [0.4, 0.5) is 17.1 Å². The smallest absolute Gasteiger partial charge is 0.292 e. The van der Waals surface area contributed by atoms with Crippen molar-refractivity contribution in [2.45, 2.75) is 19.4 Å². The molecule has 0 unspecified atom stereocenters. The van der Waals surface area contributed by atoms with Crippen molar-refractivity contribution in [3.05, 3.63) is 28.3 Å². The minimum Gasteiger partial charge on any atom is -0.393 e. The molecule has 1 aromatic carbocycles. The predicted molar refractivity (Wildman–Crippen MR) is 76.4 cm³/mol. The highest BCUT2D eigenvalue weighted by atomic mass is 16.6. The maximum absolute atomic E-state index is 10.8. The number of rotatable bonds is 2. The van der Waals surface area contributed by atoms with Gasteiger partial charge in [-0.05, 0) is 33.0 Å². The van der Waals surface area contributed by atoms with Gasteiger partial charge in [0.05, 0.1) is 4.92 Å². The third-order valence-electron chi connectivity index (χ3n) is 3.89. The van der Waals surface area contributed by atoms with Crippen LogP contribution in [0.25, 0.3) is 0 Å². The van der Waals surface area contributed by atoms with E-state index in [9.17, 15) is 10.1 Å². The molecule has 2 N–H and O–H groups in total. The van der Waals surface area contributed by atoms with E-state index in [2.05, 4.69) is 30.7 Å². The van der Waals surface area contributed by atoms with Crippen LogP contribution in [0.2, 0.25) is 0 Å². The van der Waals surface area contributed by atoms with Gasteiger partial charge in [0.2, 0.25) is 0 Å². The number of nitro benzene ring substituents is 1. The summed E-state index contributed by atoms with van der Waals surface area (Å²) in [6, 6.07) is 4.95. The van der Waals surface area contributed by atoms with Crippen LogP contribution in [-0.4, -0.2) is 42.0 Å². The van der Waals surface area contributed by atoms with E-state index in [1.807, 2.05) is 0 Å². The van der Waals surface area contributed by atoms with Gasteiger partial charge in [-0.25, -0.2) is 0 Å². The van der Waals surface area contributed by atoms with Crippen molar-refractivity contribution < 1.29 is 4.92 Å². The monoisotopic (exact) mass is 264 g/mol. The molecule has 104 valence electrons. The zero-order valence-electron chi connectivity index (χ0n) is 11.6. The maximum atomic E-state index is 10.8. The number of nitrogen functional groups attached to an aromatic ring is 1. The fourth-order valence-corrected chi connectivity index (χ4v) is 2.37. The van der Waals surface area contributed by atoms with Gasteiger partial charge in [-0.2, -0.15) is 0 Å². The van der Waals surface area contributed by atoms with Crippen LogP contribution < -0.4 is 10.6 Å². The fraction of sp³-hybridized carbons (Fsp3) is 0.538. The van der Waals surface area contributed by atoms with Crippen LogP contribution in [0.15, 0.2) is 18.2 Å². The molecule has 0 radical (unpaired) electrons. The molecule has 0 amide bonds. The molecule has 1 aliphatic rings. The quantitative estimate of drug-likeness (QED) is 0.500. The zero-order valence-corrected chi connectivity index (χ0v) is 11.6. The van der Waals surface area contributed by atoms with Gasteiger partial charge < -0.3 is 10.6 Å². The van der Waals surface area contributed by atoms with Gasteiger partial charge in [0, 0.05) is 36.9 Å². The van der Waals surface area contributed by atoms with E-state index in [1.54, 1.807) is 12.1 Å². The number of hydrogen-bond acceptors (Lipinski definition) is 5. The highest BCUT2D eigenvalue weighted by Gasteiger charge is 2.31. The predicted octanol–water partition coefficient (Wildman–Crippen LogP) is 1.71. The summed E-state index contributed by atoms with van der Waals surface area (Å²) in [4.78, 5) is 14.8. The van der Waals surface area contributed by atoms with E-state index in [0.717, 1.165) is 25.3 Å². The first-order valence-corrected chi connectivity index (χ1v) is 6.31. The van der Waals surface area contributed by atoms with Crippen LogP contribution in [0.5, 0.6) is 0 Å². The molecule has 1 aliphatic heterocycles. The van der Waals surface area contributed by atoms with E-state index in [-0.39, 0.29) is 16.9 Å². The lowest BCUT2D eigenvalue weighted by atomic mass is 9.99. The highest BCUT2D eigenvalue weighted by molar-refractivity contribution is 5.66. The molecule has 0 saturated carbocycles. The molecule has 0 bridgehead atoms. The summed E-state index contributed by atoms with van der Waals surface area (Å²) in [5, 5.41) is 10.8. The van der Waals surface area contributed by atoms with E-state index in [0.29, 0.717) is 0 Å². The number of nitrogens with two attached hydrogens (primary N) is 1. The Hall–Kier alpha value is -1.82. The molecular formula is C13H20N4O2. The number of anilines is 2. The minimum atomic E-state index is -0.451. The Bertz CT molecular complexity index is 501. The molecule has 2 rings (SSSR count). The third kappa shape index (κ3) is 2.63. The Morgan fingerprint density at radius 2 is 2.05 bits per heavy atom. The Kier molecular flexibility index (Phi) is 3.36. The summed E-state index contributed by atoms with van der Waals surface area (Å²) >= 11 is 0. The van der Waals surface area contributed by atoms with Crippen molar-refractivity contribution >= 4 is 17.1 Å². The van der Waals surface area contributed by atoms with Crippen molar-refractivity contribution in [1.82, 2.24) is 4.90 Å². The number of piperazine rings is 1. The standard InChI is InChI=1S/C13H20N4O2/c1-13(2)9-16(7-6-15(13)3)10-4-5-12(17(18)19)11(14)8-10/h4-5,8H,6-7,9,14H2,1-3H3. The fourth-order valence-electron chi connectivity index (χ4n) is 2.37. The van der Waals surface area contributed by atoms with Gasteiger partial charge in [-0.15, -0.1) is 0 Å². The average molecular weight is 264 g/mol. The van der Waals surface area contributed by atoms with Crippen molar-refractivity contribution in [2.75, 3.05) is 37.3 Å². The lowest BCUT2D eigenvalue weighted by Crippen LogP contribution is -2.57. The van der Waals surface area contributed by atoms with Crippen LogP contribution >= 0.6 is 0 Å². The molecule has 0 aliphatic carbocycles. The largest absolute Gasteiger partial charge is 0.393 e. The van der Waals surface area contributed by atoms with Gasteiger partial charge in [0.25, 0.3) is 5.69 Å². The normalized spacial score (nSPS) is 19.4. The Morgan fingerprint density at radius 3 is 2.58 bits per heavy atom. The number of likely N-dealkylation sites (N-methyl/N-ethyl adjacent to an activating group) is 1. The second kappa shape index (κ2) is 4.70. The Labute approximate surface area is 112 Å². The van der Waals surface area contributed by atoms with Gasteiger partial charge in [-0.1, -0.05) is 0 Å². The first-order chi connectivity index (χ1) is 8.81. The van der Waals surface area contributed by atoms with E-state index in [1.165, 1.54) is 6.07 Å². The number of nitrogens with zero attached hydrogens (tertiary/aromatic N) is 3. The molecular weight excluding hydrogens is 244 g/mol. The average Bonchev–Trinajstić information content (AvgIpc) is 2.32. The first-order valence-electron chi connectivity index (χ1n) is 6.31. The van der Waals surface area contributed by atoms with E-state index >= 15 is 0 Å². The summed E-state index contributed by atoms with van der Waals surface area (Å²) in [5.41, 5.74) is 6.96. The van der Waals surface area contributed by atoms with Crippen LogP contribution in [0, 0.1) is 10.1 Å². The molecule has 1 aromatic rings. The van der Waals surface area contributed by atoms with E-state index in [4.69, 9.17) is 5.73 Å². The number of benzene rings is 1. The Morgan fingerprint density at radius 1 is 1.37 bits per heavy atom. The molecule has 0 aromatic heterocycles. The van der Waals surface area contributed by atoms with Crippen molar-refractivity contribution in [2.24, 2.45) is 0 Å². The van der Waals surface area contributed by atoms with Gasteiger partial charge in [0.15, 0.2) is 0 Å². The molecule has 1 fully saturated rings. The summed E-state index contributed by atoms with van der Waals surface area (Å²) in [6.45, 7) is 7.11. The topological polar surface area (TPSA) is 75.6 Å². The highest BCUT2D eigenvalue weighted by Crippen LogP contribution is 2.30. The van der Waals surface area contributed by atoms with Crippen LogP contribution in [-0.2, 0) is 0 Å². The first kappa shape index (κ1) is 13.6. The summed E-state index contributed by atoms with van der Waals surface area (Å²) in [6.07, 6.45) is 0. The maximum Gasteiger partial charge on any atom is 0.292 e. The van der Waals surface area contributed by atoms with Crippen molar-refractivity contribution in [3.63, 3.8) is 0 Å². The summed E-state index contributed by atoms with van der Waals surface area (Å²) in [7, 11) is 2.11. The van der Waals surface area contributed by atoms with Crippen molar-refractivity contribution in [3.8, 4) is 0 Å².